The summed E-state index contributed by atoms with van der Waals surface area (Å²) in [7, 11) is 0. The molecule has 1 aromatic carbocycles. The smallest absolute Gasteiger partial charge is 0.204 e. The summed E-state index contributed by atoms with van der Waals surface area (Å²) < 4.78 is 48.4. The summed E-state index contributed by atoms with van der Waals surface area (Å²) >= 11 is 1.26. The van der Waals surface area contributed by atoms with Gasteiger partial charge in [-0.1, -0.05) is 27.2 Å². The fourth-order valence-electron chi connectivity index (χ4n) is 5.06. The van der Waals surface area contributed by atoms with Crippen LogP contribution in [0.1, 0.15) is 69.8 Å². The highest BCUT2D eigenvalue weighted by atomic mass is 32.2. The maximum absolute atomic E-state index is 16.1. The molecule has 1 aromatic heterocycles. The largest absolute Gasteiger partial charge is 0.366 e. The van der Waals surface area contributed by atoms with Crippen LogP contribution in [0.15, 0.2) is 9.82 Å². The zero-order chi connectivity index (χ0) is 23.3. The van der Waals surface area contributed by atoms with E-state index in [9.17, 15) is 9.59 Å². The third-order valence-electron chi connectivity index (χ3n) is 6.87. The minimum Gasteiger partial charge on any atom is -0.366 e. The van der Waals surface area contributed by atoms with E-state index in [-0.39, 0.29) is 23.0 Å². The molecule has 2 aromatic rings. The fraction of sp³-hybridized carbons (Fsp3) is 0.583. The Bertz CT molecular complexity index is 1140. The number of benzene rings is 1. The molecule has 32 heavy (non-hydrogen) atoms. The van der Waals surface area contributed by atoms with Crippen LogP contribution in [0.5, 0.6) is 0 Å². The number of hydrogen-bond acceptors (Lipinski definition) is 4. The third-order valence-corrected chi connectivity index (χ3v) is 7.83. The molecule has 0 bridgehead atoms. The molecule has 1 aliphatic carbocycles. The highest BCUT2D eigenvalue weighted by molar-refractivity contribution is 7.99. The van der Waals surface area contributed by atoms with Gasteiger partial charge in [-0.15, -0.1) is 11.8 Å². The molecule has 0 unspecified atom stereocenters. The van der Waals surface area contributed by atoms with Crippen molar-refractivity contribution in [3.05, 3.63) is 33.2 Å². The molecule has 2 atom stereocenters. The van der Waals surface area contributed by atoms with Gasteiger partial charge in [0, 0.05) is 19.1 Å². The van der Waals surface area contributed by atoms with Crippen molar-refractivity contribution < 1.29 is 18.0 Å². The van der Waals surface area contributed by atoms with E-state index in [0.717, 1.165) is 25.7 Å². The van der Waals surface area contributed by atoms with Crippen molar-refractivity contribution in [1.29, 1.82) is 0 Å². The second-order valence-electron chi connectivity index (χ2n) is 8.99. The number of nitrogens with zero attached hydrogens (tertiary/aromatic N) is 2. The summed E-state index contributed by atoms with van der Waals surface area (Å²) in [6.45, 7) is 8.10. The molecule has 2 heterocycles. The molecule has 174 valence electrons. The fourth-order valence-corrected chi connectivity index (χ4v) is 6.10. The molecule has 0 spiro atoms. The van der Waals surface area contributed by atoms with Gasteiger partial charge in [-0.2, -0.15) is 0 Å². The minimum atomic E-state index is -1.36. The maximum atomic E-state index is 16.1. The van der Waals surface area contributed by atoms with Crippen LogP contribution in [0.2, 0.25) is 0 Å². The molecule has 0 radical (unpaired) electrons. The molecule has 1 aliphatic heterocycles. The third kappa shape index (κ3) is 3.64. The number of carbonyl (C=O) groups excluding carboxylic acids is 1. The molecule has 4 nitrogen and oxygen atoms in total. The zero-order valence-electron chi connectivity index (χ0n) is 18.9. The SMILES string of the molecule is CCSc1c(C(C)=O)c(=O)c2c(F)c(F)c(N3CC[C@@H](CC)[C@H](C)C3)c(F)c2n1C1CC1. The number of anilines is 1. The first-order valence-corrected chi connectivity index (χ1v) is 12.4. The van der Waals surface area contributed by atoms with Gasteiger partial charge in [-0.05, 0) is 43.8 Å². The number of thioether (sulfide) groups is 1. The summed E-state index contributed by atoms with van der Waals surface area (Å²) in [5.74, 6) is -2.92. The second-order valence-corrected chi connectivity index (χ2v) is 10.2. The van der Waals surface area contributed by atoms with Crippen molar-refractivity contribution in [1.82, 2.24) is 4.57 Å². The van der Waals surface area contributed by atoms with Gasteiger partial charge in [-0.3, -0.25) is 9.59 Å². The summed E-state index contributed by atoms with van der Waals surface area (Å²) in [6, 6.07) is -0.137. The Morgan fingerprint density at radius 1 is 1.09 bits per heavy atom. The predicted molar refractivity (Wildman–Crippen MR) is 123 cm³/mol. The van der Waals surface area contributed by atoms with E-state index in [1.54, 1.807) is 9.47 Å². The summed E-state index contributed by atoms with van der Waals surface area (Å²) in [4.78, 5) is 27.1. The van der Waals surface area contributed by atoms with E-state index < -0.39 is 39.7 Å². The minimum absolute atomic E-state index is 0.137. The van der Waals surface area contributed by atoms with Crippen LogP contribution in [0, 0.1) is 29.3 Å². The van der Waals surface area contributed by atoms with Crippen molar-refractivity contribution in [3.63, 3.8) is 0 Å². The van der Waals surface area contributed by atoms with Gasteiger partial charge in [0.1, 0.15) is 5.69 Å². The Balaban J connectivity index is 2.05. The number of piperidine rings is 1. The number of rotatable bonds is 6. The van der Waals surface area contributed by atoms with Crippen molar-refractivity contribution in [2.24, 2.45) is 11.8 Å². The number of aromatic nitrogens is 1. The summed E-state index contributed by atoms with van der Waals surface area (Å²) in [5, 5.41) is -0.299. The Morgan fingerprint density at radius 2 is 1.78 bits per heavy atom. The number of hydrogen-bond donors (Lipinski definition) is 0. The molecule has 1 saturated carbocycles. The molecule has 2 aliphatic rings. The van der Waals surface area contributed by atoms with Crippen LogP contribution in [0.4, 0.5) is 18.9 Å². The average Bonchev–Trinajstić information content (AvgIpc) is 3.57. The van der Waals surface area contributed by atoms with Crippen LogP contribution < -0.4 is 10.3 Å². The Morgan fingerprint density at radius 3 is 2.31 bits per heavy atom. The standard InChI is InChI=1S/C24H29F3N2O2S/c1-5-14-9-10-28(11-12(14)3)22-19(26)18(25)17-21(20(22)27)29(15-7-8-15)24(32-6-2)16(13(4)30)23(17)31/h12,14-15H,5-11H2,1-4H3/t12-,14-/m1/s1. The first kappa shape index (κ1) is 23.2. The molecule has 0 amide bonds. The highest BCUT2D eigenvalue weighted by Crippen LogP contribution is 2.44. The van der Waals surface area contributed by atoms with Gasteiger partial charge in [0.25, 0.3) is 0 Å². The lowest BCUT2D eigenvalue weighted by atomic mass is 9.85. The van der Waals surface area contributed by atoms with Gasteiger partial charge < -0.3 is 9.47 Å². The first-order valence-electron chi connectivity index (χ1n) is 11.4. The van der Waals surface area contributed by atoms with Gasteiger partial charge in [0.15, 0.2) is 23.2 Å². The van der Waals surface area contributed by atoms with E-state index in [0.29, 0.717) is 29.8 Å². The Labute approximate surface area is 190 Å². The number of Topliss-reactive ketones (excluding diaryl/α,β-unsaturated/α-hetero) is 1. The van der Waals surface area contributed by atoms with Crippen LogP contribution in [-0.2, 0) is 0 Å². The lowest BCUT2D eigenvalue weighted by Gasteiger charge is -2.38. The molecular formula is C24H29F3N2O2S. The lowest BCUT2D eigenvalue weighted by molar-refractivity contribution is 0.101. The van der Waals surface area contributed by atoms with E-state index in [1.165, 1.54) is 18.7 Å². The van der Waals surface area contributed by atoms with E-state index in [1.807, 2.05) is 13.8 Å². The first-order chi connectivity index (χ1) is 15.2. The quantitative estimate of drug-likeness (QED) is 0.300. The van der Waals surface area contributed by atoms with Crippen molar-refractivity contribution >= 4 is 34.1 Å². The van der Waals surface area contributed by atoms with Gasteiger partial charge >= 0.3 is 0 Å². The van der Waals surface area contributed by atoms with Crippen LogP contribution in [-0.4, -0.2) is 29.2 Å². The molecular weight excluding hydrogens is 437 g/mol. The number of pyridine rings is 1. The Kier molecular flexibility index (Phi) is 6.36. The molecule has 0 N–H and O–H groups in total. The second kappa shape index (κ2) is 8.76. The topological polar surface area (TPSA) is 42.3 Å². The lowest BCUT2D eigenvalue weighted by Crippen LogP contribution is -2.40. The monoisotopic (exact) mass is 466 g/mol. The van der Waals surface area contributed by atoms with Crippen molar-refractivity contribution in [2.75, 3.05) is 23.7 Å². The van der Waals surface area contributed by atoms with E-state index in [2.05, 4.69) is 6.92 Å². The van der Waals surface area contributed by atoms with Crippen molar-refractivity contribution in [3.8, 4) is 0 Å². The predicted octanol–water partition coefficient (Wildman–Crippen LogP) is 5.94. The number of fused-ring (bicyclic) bond motifs is 1. The van der Waals surface area contributed by atoms with Gasteiger partial charge in [0.2, 0.25) is 5.43 Å². The highest BCUT2D eigenvalue weighted by Gasteiger charge is 2.37. The summed E-state index contributed by atoms with van der Waals surface area (Å²) in [6.07, 6.45) is 3.23. The van der Waals surface area contributed by atoms with Crippen LogP contribution in [0.25, 0.3) is 10.9 Å². The molecule has 8 heteroatoms. The molecule has 1 saturated heterocycles. The van der Waals surface area contributed by atoms with Crippen LogP contribution >= 0.6 is 11.8 Å². The zero-order valence-corrected chi connectivity index (χ0v) is 19.8. The summed E-state index contributed by atoms with van der Waals surface area (Å²) in [5.41, 5.74) is -1.72. The number of halogens is 3. The van der Waals surface area contributed by atoms with Gasteiger partial charge in [-0.25, -0.2) is 13.2 Å². The van der Waals surface area contributed by atoms with E-state index in [4.69, 9.17) is 0 Å². The van der Waals surface area contributed by atoms with Gasteiger partial charge in [0.05, 0.1) is 21.5 Å². The van der Waals surface area contributed by atoms with E-state index >= 15 is 13.2 Å². The molecule has 4 rings (SSSR count). The average molecular weight is 467 g/mol. The van der Waals surface area contributed by atoms with Crippen molar-refractivity contribution in [2.45, 2.75) is 64.4 Å². The van der Waals surface area contributed by atoms with Crippen LogP contribution in [0.3, 0.4) is 0 Å². The maximum Gasteiger partial charge on any atom is 0.204 e. The normalized spacial score (nSPS) is 21.4. The Hall–Kier alpha value is -1.96. The number of ketones is 1. The molecule has 2 fully saturated rings. The number of carbonyl (C=O) groups is 1.